The van der Waals surface area contributed by atoms with Gasteiger partial charge in [-0.2, -0.15) is 10.3 Å². The van der Waals surface area contributed by atoms with E-state index in [0.29, 0.717) is 17.4 Å². The highest BCUT2D eigenvalue weighted by Gasteiger charge is 2.13. The number of aryl methyl sites for hydroxylation is 2. The lowest BCUT2D eigenvalue weighted by molar-refractivity contribution is 0.757. The zero-order valence-corrected chi connectivity index (χ0v) is 8.58. The van der Waals surface area contributed by atoms with E-state index in [9.17, 15) is 0 Å². The molecule has 0 spiro atoms. The van der Waals surface area contributed by atoms with Gasteiger partial charge in [0.2, 0.25) is 0 Å². The number of aromatic amines is 1. The minimum Gasteiger partial charge on any atom is -0.257 e. The van der Waals surface area contributed by atoms with Crippen molar-refractivity contribution in [3.63, 3.8) is 0 Å². The highest BCUT2D eigenvalue weighted by Crippen LogP contribution is 2.20. The number of rotatable bonds is 2. The summed E-state index contributed by atoms with van der Waals surface area (Å²) in [5.74, 6) is 0.614. The second kappa shape index (κ2) is 3.38. The molecule has 14 heavy (non-hydrogen) atoms. The van der Waals surface area contributed by atoms with Crippen molar-refractivity contribution < 1.29 is 0 Å². The lowest BCUT2D eigenvalue weighted by Gasteiger charge is -1.94. The lowest BCUT2D eigenvalue weighted by Crippen LogP contribution is -1.93. The van der Waals surface area contributed by atoms with Gasteiger partial charge in [0, 0.05) is 19.0 Å². The van der Waals surface area contributed by atoms with Crippen LogP contribution in [0.25, 0.3) is 0 Å². The third kappa shape index (κ3) is 1.48. The normalized spacial score (nSPS) is 10.8. The van der Waals surface area contributed by atoms with E-state index in [2.05, 4.69) is 25.7 Å². The molecule has 0 unspecified atom stereocenters. The van der Waals surface area contributed by atoms with E-state index in [1.807, 2.05) is 6.92 Å². The van der Waals surface area contributed by atoms with Gasteiger partial charge in [0.05, 0.1) is 5.69 Å². The monoisotopic (exact) mass is 212 g/mol. The van der Waals surface area contributed by atoms with Crippen molar-refractivity contribution in [3.05, 3.63) is 22.2 Å². The first-order valence-electron chi connectivity index (χ1n) is 4.08. The van der Waals surface area contributed by atoms with Crippen LogP contribution in [0.1, 0.15) is 17.1 Å². The van der Waals surface area contributed by atoms with Crippen molar-refractivity contribution >= 4 is 11.6 Å². The van der Waals surface area contributed by atoms with Gasteiger partial charge in [-0.1, -0.05) is 16.8 Å². The summed E-state index contributed by atoms with van der Waals surface area (Å²) in [6, 6.07) is 0. The van der Waals surface area contributed by atoms with Gasteiger partial charge in [-0.3, -0.25) is 4.68 Å². The Morgan fingerprint density at radius 2 is 2.29 bits per heavy atom. The van der Waals surface area contributed by atoms with Crippen LogP contribution in [0.2, 0.25) is 5.15 Å². The Bertz CT molecular complexity index is 431. The van der Waals surface area contributed by atoms with E-state index in [0.717, 1.165) is 11.3 Å². The van der Waals surface area contributed by atoms with Crippen molar-refractivity contribution in [1.82, 2.24) is 30.4 Å². The van der Waals surface area contributed by atoms with Crippen LogP contribution >= 0.6 is 11.6 Å². The maximum Gasteiger partial charge on any atom is 0.179 e. The van der Waals surface area contributed by atoms with Gasteiger partial charge in [-0.15, -0.1) is 10.2 Å². The van der Waals surface area contributed by atoms with Gasteiger partial charge in [0.15, 0.2) is 5.82 Å². The first-order chi connectivity index (χ1) is 6.68. The molecule has 0 saturated heterocycles. The van der Waals surface area contributed by atoms with Crippen LogP contribution in [0.3, 0.4) is 0 Å². The van der Waals surface area contributed by atoms with Crippen molar-refractivity contribution in [2.24, 2.45) is 7.05 Å². The van der Waals surface area contributed by atoms with Gasteiger partial charge in [0.1, 0.15) is 5.15 Å². The fraction of sp³-hybridized carbons (Fsp3) is 0.429. The smallest absolute Gasteiger partial charge is 0.179 e. The molecule has 6 nitrogen and oxygen atoms in total. The molecule has 2 aromatic rings. The van der Waals surface area contributed by atoms with Crippen molar-refractivity contribution in [2.45, 2.75) is 13.3 Å². The van der Waals surface area contributed by atoms with Gasteiger partial charge in [-0.25, -0.2) is 0 Å². The average molecular weight is 213 g/mol. The van der Waals surface area contributed by atoms with E-state index < -0.39 is 0 Å². The second-order valence-corrected chi connectivity index (χ2v) is 3.34. The minimum atomic E-state index is 0.551. The molecule has 2 heterocycles. The van der Waals surface area contributed by atoms with E-state index in [1.54, 1.807) is 11.7 Å². The van der Waals surface area contributed by atoms with Crippen LogP contribution in [-0.2, 0) is 13.5 Å². The molecule has 0 aromatic carbocycles. The van der Waals surface area contributed by atoms with Gasteiger partial charge < -0.3 is 0 Å². The topological polar surface area (TPSA) is 72.3 Å². The maximum atomic E-state index is 6.05. The molecule has 0 aliphatic heterocycles. The summed E-state index contributed by atoms with van der Waals surface area (Å²) in [4.78, 5) is 0. The number of hydrogen-bond donors (Lipinski definition) is 1. The van der Waals surface area contributed by atoms with E-state index in [1.165, 1.54) is 0 Å². The molecule has 0 radical (unpaired) electrons. The molecule has 0 amide bonds. The number of hydrogen-bond acceptors (Lipinski definition) is 4. The molecule has 0 saturated carbocycles. The number of aromatic nitrogens is 6. The van der Waals surface area contributed by atoms with Gasteiger partial charge in [0.25, 0.3) is 0 Å². The van der Waals surface area contributed by atoms with E-state index in [-0.39, 0.29) is 0 Å². The average Bonchev–Trinajstić information content (AvgIpc) is 2.71. The molecular formula is C7H9ClN6. The molecule has 0 atom stereocenters. The quantitative estimate of drug-likeness (QED) is 0.786. The predicted octanol–water partition coefficient (Wildman–Crippen LogP) is 0.486. The van der Waals surface area contributed by atoms with E-state index >= 15 is 0 Å². The van der Waals surface area contributed by atoms with Crippen LogP contribution in [-0.4, -0.2) is 30.4 Å². The van der Waals surface area contributed by atoms with Crippen molar-refractivity contribution in [3.8, 4) is 0 Å². The number of halogens is 1. The Labute approximate surface area is 85.3 Å². The highest BCUT2D eigenvalue weighted by molar-refractivity contribution is 6.30. The third-order valence-corrected chi connectivity index (χ3v) is 2.47. The molecule has 1 N–H and O–H groups in total. The molecule has 0 aliphatic rings. The first kappa shape index (κ1) is 9.14. The van der Waals surface area contributed by atoms with Crippen LogP contribution in [0.5, 0.6) is 0 Å². The zero-order valence-electron chi connectivity index (χ0n) is 7.82. The Balaban J connectivity index is 2.33. The predicted molar refractivity (Wildman–Crippen MR) is 49.9 cm³/mol. The third-order valence-electron chi connectivity index (χ3n) is 1.99. The Morgan fingerprint density at radius 1 is 1.50 bits per heavy atom. The summed E-state index contributed by atoms with van der Waals surface area (Å²) < 4.78 is 1.63. The van der Waals surface area contributed by atoms with Crippen molar-refractivity contribution in [1.29, 1.82) is 0 Å². The summed E-state index contributed by atoms with van der Waals surface area (Å²) >= 11 is 6.05. The first-order valence-corrected chi connectivity index (χ1v) is 4.46. The summed E-state index contributed by atoms with van der Waals surface area (Å²) in [7, 11) is 1.80. The van der Waals surface area contributed by atoms with Crippen LogP contribution in [0, 0.1) is 6.92 Å². The number of H-pyrrole nitrogens is 1. The van der Waals surface area contributed by atoms with Gasteiger partial charge in [-0.05, 0) is 6.92 Å². The number of nitrogens with zero attached hydrogens (tertiary/aromatic N) is 5. The van der Waals surface area contributed by atoms with Gasteiger partial charge >= 0.3 is 0 Å². The lowest BCUT2D eigenvalue weighted by atomic mass is 10.2. The number of tetrazole rings is 1. The molecular weight excluding hydrogens is 204 g/mol. The van der Waals surface area contributed by atoms with Crippen LogP contribution in [0.15, 0.2) is 0 Å². The second-order valence-electron chi connectivity index (χ2n) is 2.98. The summed E-state index contributed by atoms with van der Waals surface area (Å²) in [6.45, 7) is 1.90. The standard InChI is InChI=1S/C7H9ClN6/c1-4-5(7(8)14(2)11-4)3-6-9-12-13-10-6/h3H2,1-2H3,(H,9,10,12,13). The molecule has 0 bridgehead atoms. The van der Waals surface area contributed by atoms with Crippen LogP contribution in [0.4, 0.5) is 0 Å². The highest BCUT2D eigenvalue weighted by atomic mass is 35.5. The molecule has 7 heteroatoms. The molecule has 0 aliphatic carbocycles. The summed E-state index contributed by atoms with van der Waals surface area (Å²) in [5, 5.41) is 18.4. The fourth-order valence-corrected chi connectivity index (χ4v) is 1.53. The van der Waals surface area contributed by atoms with E-state index in [4.69, 9.17) is 11.6 Å². The van der Waals surface area contributed by atoms with Crippen LogP contribution < -0.4 is 0 Å². The Hall–Kier alpha value is -1.43. The Morgan fingerprint density at radius 3 is 2.79 bits per heavy atom. The summed E-state index contributed by atoms with van der Waals surface area (Å²) in [6.07, 6.45) is 0.551. The largest absolute Gasteiger partial charge is 0.257 e. The fourth-order valence-electron chi connectivity index (χ4n) is 1.29. The maximum absolute atomic E-state index is 6.05. The molecule has 74 valence electrons. The number of nitrogens with one attached hydrogen (secondary N) is 1. The summed E-state index contributed by atoms with van der Waals surface area (Å²) in [5.41, 5.74) is 1.83. The Kier molecular flexibility index (Phi) is 2.20. The van der Waals surface area contributed by atoms with Crippen molar-refractivity contribution in [2.75, 3.05) is 0 Å². The molecule has 2 rings (SSSR count). The zero-order chi connectivity index (χ0) is 10.1. The SMILES string of the molecule is Cc1nn(C)c(Cl)c1Cc1nn[nH]n1. The minimum absolute atomic E-state index is 0.551. The molecule has 0 fully saturated rings. The molecule has 2 aromatic heterocycles.